The van der Waals surface area contributed by atoms with Gasteiger partial charge >= 0.3 is 0 Å². The zero-order valence-corrected chi connectivity index (χ0v) is 15.1. The molecule has 2 heteroatoms. The summed E-state index contributed by atoms with van der Waals surface area (Å²) in [5, 5.41) is 0. The lowest BCUT2D eigenvalue weighted by Gasteiger charge is -2.57. The minimum Gasteiger partial charge on any atom is -0.295 e. The lowest BCUT2D eigenvalue weighted by Crippen LogP contribution is -2.49. The second-order valence-corrected chi connectivity index (χ2v) is 9.13. The van der Waals surface area contributed by atoms with Crippen molar-refractivity contribution < 1.29 is 7.54 Å². The molecule has 21 heavy (non-hydrogen) atoms. The summed E-state index contributed by atoms with van der Waals surface area (Å²) in [6.07, 6.45) is 8.57. The molecule has 4 aliphatic carbocycles. The van der Waals surface area contributed by atoms with Gasteiger partial charge in [-0.1, -0.05) is 25.5 Å². The minimum absolute atomic E-state index is 0.115. The van der Waals surface area contributed by atoms with Gasteiger partial charge in [-0.25, -0.2) is 0 Å². The monoisotopic (exact) mass is 398 g/mol. The Morgan fingerprint density at radius 3 is 2.86 bits per heavy atom. The van der Waals surface area contributed by atoms with Crippen molar-refractivity contribution in [3.05, 3.63) is 21.3 Å². The average Bonchev–Trinajstić information content (AvgIpc) is 2.76. The number of carbonyl (C=O) groups is 1. The standard InChI is InChI=1S/C19H25IO/c1-18-9-7-13(21)11-12(18)3-4-14-15-5-6-17(20)19(15,2)10-8-16(14)18/h6,11,14-16H,3-5,7-10H2,1-2H3/t14?,15?,16?,18-,19-/m0/s1/i7D2. The van der Waals surface area contributed by atoms with Gasteiger partial charge in [0.15, 0.2) is 5.78 Å². The zero-order chi connectivity index (χ0) is 16.6. The zero-order valence-electron chi connectivity index (χ0n) is 14.9. The molecule has 0 aromatic rings. The van der Waals surface area contributed by atoms with E-state index in [0.29, 0.717) is 23.7 Å². The van der Waals surface area contributed by atoms with Gasteiger partial charge in [0.1, 0.15) is 0 Å². The summed E-state index contributed by atoms with van der Waals surface area (Å²) in [4.78, 5) is 12.1. The fourth-order valence-corrected chi connectivity index (χ4v) is 6.73. The lowest BCUT2D eigenvalue weighted by atomic mass is 9.47. The summed E-state index contributed by atoms with van der Waals surface area (Å²) in [5.74, 6) is 1.64. The van der Waals surface area contributed by atoms with Crippen molar-refractivity contribution in [2.75, 3.05) is 0 Å². The largest absolute Gasteiger partial charge is 0.295 e. The molecule has 4 aliphatic rings. The van der Waals surface area contributed by atoms with Crippen molar-refractivity contribution in [1.82, 2.24) is 0 Å². The Bertz CT molecular complexity index is 637. The van der Waals surface area contributed by atoms with E-state index in [4.69, 9.17) is 2.74 Å². The molecule has 0 radical (unpaired) electrons. The maximum Gasteiger partial charge on any atom is 0.155 e. The number of rotatable bonds is 0. The third-order valence-electron chi connectivity index (χ3n) is 7.16. The second kappa shape index (κ2) is 4.69. The molecule has 0 saturated heterocycles. The first-order chi connectivity index (χ1) is 10.7. The van der Waals surface area contributed by atoms with Gasteiger partial charge in [0.2, 0.25) is 0 Å². The molecule has 0 amide bonds. The van der Waals surface area contributed by atoms with Crippen LogP contribution < -0.4 is 0 Å². The Morgan fingerprint density at radius 1 is 1.24 bits per heavy atom. The summed E-state index contributed by atoms with van der Waals surface area (Å²) in [6, 6.07) is 0. The number of hydrogen-bond acceptors (Lipinski definition) is 1. The van der Waals surface area contributed by atoms with E-state index >= 15 is 0 Å². The van der Waals surface area contributed by atoms with Crippen LogP contribution in [0.25, 0.3) is 0 Å². The Balaban J connectivity index is 1.72. The highest BCUT2D eigenvalue weighted by atomic mass is 127. The second-order valence-electron chi connectivity index (χ2n) is 7.96. The van der Waals surface area contributed by atoms with Gasteiger partial charge in [-0.15, -0.1) is 0 Å². The fourth-order valence-electron chi connectivity index (χ4n) is 5.80. The van der Waals surface area contributed by atoms with E-state index in [0.717, 1.165) is 12.3 Å². The van der Waals surface area contributed by atoms with Crippen LogP contribution in [0.2, 0.25) is 0 Å². The summed E-state index contributed by atoms with van der Waals surface area (Å²) >= 11 is 2.54. The highest BCUT2D eigenvalue weighted by molar-refractivity contribution is 14.1. The highest BCUT2D eigenvalue weighted by Crippen LogP contribution is 2.66. The van der Waals surface area contributed by atoms with Gasteiger partial charge in [-0.05, 0) is 93.9 Å². The molecule has 114 valence electrons. The third kappa shape index (κ3) is 1.90. The Hall–Kier alpha value is -0.120. The van der Waals surface area contributed by atoms with E-state index in [2.05, 4.69) is 42.5 Å². The number of carbonyl (C=O) groups excluding carboxylic acids is 1. The summed E-state index contributed by atoms with van der Waals surface area (Å²) in [6.45, 7) is 4.69. The third-order valence-corrected chi connectivity index (χ3v) is 8.83. The molecule has 0 aliphatic heterocycles. The van der Waals surface area contributed by atoms with Gasteiger partial charge in [0.25, 0.3) is 0 Å². The molecule has 3 unspecified atom stereocenters. The van der Waals surface area contributed by atoms with E-state index < -0.39 is 6.37 Å². The van der Waals surface area contributed by atoms with Crippen LogP contribution in [0.5, 0.6) is 0 Å². The van der Waals surface area contributed by atoms with Crippen molar-refractivity contribution in [3.8, 4) is 0 Å². The van der Waals surface area contributed by atoms with E-state index in [-0.39, 0.29) is 11.2 Å². The Labute approximate surface area is 144 Å². The van der Waals surface area contributed by atoms with Crippen LogP contribution in [0.15, 0.2) is 21.3 Å². The number of hydrogen-bond donors (Lipinski definition) is 0. The van der Waals surface area contributed by atoms with Crippen LogP contribution in [0.1, 0.15) is 61.5 Å². The van der Waals surface area contributed by atoms with Gasteiger partial charge in [-0.3, -0.25) is 4.79 Å². The van der Waals surface area contributed by atoms with Crippen molar-refractivity contribution in [2.24, 2.45) is 28.6 Å². The normalized spacial score (nSPS) is 52.7. The first-order valence-electron chi connectivity index (χ1n) is 9.30. The maximum absolute atomic E-state index is 12.1. The molecule has 0 N–H and O–H groups in total. The van der Waals surface area contributed by atoms with Crippen LogP contribution in [0.4, 0.5) is 0 Å². The first kappa shape index (κ1) is 12.3. The van der Waals surface area contributed by atoms with Crippen molar-refractivity contribution >= 4 is 28.4 Å². The van der Waals surface area contributed by atoms with Crippen LogP contribution in [-0.2, 0) is 4.79 Å². The summed E-state index contributed by atoms with van der Waals surface area (Å²) < 4.78 is 17.9. The van der Waals surface area contributed by atoms with Crippen LogP contribution >= 0.6 is 22.6 Å². The number of fused-ring (bicyclic) bond motifs is 5. The van der Waals surface area contributed by atoms with Crippen LogP contribution in [-0.4, -0.2) is 5.78 Å². The van der Waals surface area contributed by atoms with E-state index in [1.54, 1.807) is 9.66 Å². The van der Waals surface area contributed by atoms with Gasteiger partial charge in [0, 0.05) is 14.5 Å². The van der Waals surface area contributed by atoms with E-state index in [1.807, 2.05) is 0 Å². The number of halogens is 1. The molecular formula is C19H25IO. The molecule has 4 rings (SSSR count). The fraction of sp³-hybridized carbons (Fsp3) is 0.737. The van der Waals surface area contributed by atoms with Gasteiger partial charge < -0.3 is 0 Å². The average molecular weight is 398 g/mol. The van der Waals surface area contributed by atoms with E-state index in [9.17, 15) is 4.79 Å². The van der Waals surface area contributed by atoms with Crippen molar-refractivity contribution in [2.45, 2.75) is 58.7 Å². The molecule has 0 spiro atoms. The summed E-state index contributed by atoms with van der Waals surface area (Å²) in [7, 11) is 0. The Morgan fingerprint density at radius 2 is 2.05 bits per heavy atom. The molecule has 2 fully saturated rings. The lowest BCUT2D eigenvalue weighted by molar-refractivity contribution is -0.117. The summed E-state index contributed by atoms with van der Waals surface area (Å²) in [5.41, 5.74) is 1.47. The van der Waals surface area contributed by atoms with Crippen molar-refractivity contribution in [1.29, 1.82) is 0 Å². The molecule has 0 aromatic carbocycles. The smallest absolute Gasteiger partial charge is 0.155 e. The quantitative estimate of drug-likeness (QED) is 0.496. The van der Waals surface area contributed by atoms with Crippen LogP contribution in [0, 0.1) is 28.6 Å². The predicted molar refractivity (Wildman–Crippen MR) is 94.2 cm³/mol. The first-order valence-corrected chi connectivity index (χ1v) is 9.38. The molecule has 0 aromatic heterocycles. The Kier molecular flexibility index (Phi) is 2.75. The maximum atomic E-state index is 12.1. The number of ketones is 1. The van der Waals surface area contributed by atoms with Gasteiger partial charge in [0.05, 0.1) is 0 Å². The van der Waals surface area contributed by atoms with Crippen LogP contribution in [0.3, 0.4) is 0 Å². The molecule has 0 bridgehead atoms. The minimum atomic E-state index is -1.68. The number of allylic oxidation sites excluding steroid dienone is 4. The predicted octanol–water partition coefficient (Wildman–Crippen LogP) is 5.45. The topological polar surface area (TPSA) is 17.1 Å². The highest BCUT2D eigenvalue weighted by Gasteiger charge is 2.56. The molecule has 2 saturated carbocycles. The SMILES string of the molecule is [2H]C1([2H])C[C@@]2(C)C(=CC1=O)CCC1C2CC[C@]2(C)C(I)=CCC12. The molecule has 1 nitrogen and oxygen atoms in total. The van der Waals surface area contributed by atoms with E-state index in [1.165, 1.54) is 31.3 Å². The molecule has 0 heterocycles. The molecule has 5 atom stereocenters. The van der Waals surface area contributed by atoms with Gasteiger partial charge in [-0.2, -0.15) is 0 Å². The molecular weight excluding hydrogens is 371 g/mol. The van der Waals surface area contributed by atoms with Crippen molar-refractivity contribution in [3.63, 3.8) is 0 Å².